The molecule has 0 bridgehead atoms. The zero-order valence-electron chi connectivity index (χ0n) is 20.7. The molecule has 188 valence electrons. The first kappa shape index (κ1) is 25.8. The Morgan fingerprint density at radius 1 is 1.00 bits per heavy atom. The first-order valence-electron chi connectivity index (χ1n) is 12.6. The van der Waals surface area contributed by atoms with Crippen molar-refractivity contribution in [3.8, 4) is 5.75 Å². The van der Waals surface area contributed by atoms with E-state index in [9.17, 15) is 9.59 Å². The van der Waals surface area contributed by atoms with Crippen LogP contribution in [-0.2, 0) is 22.6 Å². The fraction of sp³-hybridized carbons (Fsp3) is 0.333. The van der Waals surface area contributed by atoms with Gasteiger partial charge in [-0.3, -0.25) is 9.59 Å². The lowest BCUT2D eigenvalue weighted by Gasteiger charge is -2.32. The van der Waals surface area contributed by atoms with Crippen molar-refractivity contribution in [3.63, 3.8) is 0 Å². The number of hydrogen-bond acceptors (Lipinski definition) is 3. The maximum atomic E-state index is 13.7. The second-order valence-corrected chi connectivity index (χ2v) is 9.82. The Morgan fingerprint density at radius 3 is 2.44 bits per heavy atom. The van der Waals surface area contributed by atoms with E-state index in [0.29, 0.717) is 17.2 Å². The van der Waals surface area contributed by atoms with Gasteiger partial charge in [0.2, 0.25) is 5.91 Å². The summed E-state index contributed by atoms with van der Waals surface area (Å²) in [6.45, 7) is 2.02. The van der Waals surface area contributed by atoms with Crippen LogP contribution < -0.4 is 10.1 Å². The van der Waals surface area contributed by atoms with E-state index in [-0.39, 0.29) is 31.0 Å². The molecule has 36 heavy (non-hydrogen) atoms. The molecule has 3 aromatic carbocycles. The fourth-order valence-electron chi connectivity index (χ4n) is 4.66. The quantitative estimate of drug-likeness (QED) is 0.384. The summed E-state index contributed by atoms with van der Waals surface area (Å²) in [5.74, 6) is 0.219. The predicted molar refractivity (Wildman–Crippen MR) is 143 cm³/mol. The molecule has 3 aromatic rings. The molecule has 0 aromatic heterocycles. The smallest absolute Gasteiger partial charge is 0.261 e. The van der Waals surface area contributed by atoms with E-state index >= 15 is 0 Å². The van der Waals surface area contributed by atoms with Gasteiger partial charge in [0.15, 0.2) is 6.61 Å². The lowest BCUT2D eigenvalue weighted by atomic mass is 10.0. The zero-order chi connectivity index (χ0) is 25.3. The number of halogens is 1. The number of amides is 2. The van der Waals surface area contributed by atoms with Crippen LogP contribution in [0.1, 0.15) is 42.4 Å². The molecule has 6 heteroatoms. The van der Waals surface area contributed by atoms with Gasteiger partial charge < -0.3 is 15.0 Å². The third kappa shape index (κ3) is 7.11. The molecular formula is C30H33ClN2O3. The minimum Gasteiger partial charge on any atom is -0.484 e. The summed E-state index contributed by atoms with van der Waals surface area (Å²) < 4.78 is 5.86. The van der Waals surface area contributed by atoms with Crippen LogP contribution >= 0.6 is 11.6 Å². The number of carbonyl (C=O) groups is 2. The van der Waals surface area contributed by atoms with Gasteiger partial charge in [-0.15, -0.1) is 0 Å². The minimum atomic E-state index is -0.696. The molecule has 1 fully saturated rings. The van der Waals surface area contributed by atoms with Crippen LogP contribution in [0.5, 0.6) is 5.75 Å². The molecule has 1 aliphatic rings. The molecular weight excluding hydrogens is 472 g/mol. The SMILES string of the molecule is Cc1cccc(OCC(=O)N(Cc2ccccc2Cl)C(Cc2ccccc2)C(=O)NC2CCCC2)c1. The van der Waals surface area contributed by atoms with Crippen LogP contribution in [0.2, 0.25) is 5.02 Å². The normalized spacial score (nSPS) is 14.3. The minimum absolute atomic E-state index is 0.137. The van der Waals surface area contributed by atoms with Crippen LogP contribution in [0, 0.1) is 6.92 Å². The van der Waals surface area contributed by atoms with Crippen LogP contribution in [0.4, 0.5) is 0 Å². The predicted octanol–water partition coefficient (Wildman–Crippen LogP) is 5.73. The summed E-state index contributed by atoms with van der Waals surface area (Å²) in [6.07, 6.45) is 4.57. The molecule has 0 heterocycles. The highest BCUT2D eigenvalue weighted by Crippen LogP contribution is 2.23. The maximum Gasteiger partial charge on any atom is 0.261 e. The van der Waals surface area contributed by atoms with Gasteiger partial charge in [0.05, 0.1) is 0 Å². The number of carbonyl (C=O) groups excluding carboxylic acids is 2. The lowest BCUT2D eigenvalue weighted by Crippen LogP contribution is -2.53. The van der Waals surface area contributed by atoms with Gasteiger partial charge in [-0.1, -0.05) is 85.1 Å². The van der Waals surface area contributed by atoms with Crippen molar-refractivity contribution in [1.29, 1.82) is 0 Å². The number of ether oxygens (including phenoxy) is 1. The highest BCUT2D eigenvalue weighted by molar-refractivity contribution is 6.31. The summed E-state index contributed by atoms with van der Waals surface area (Å²) in [4.78, 5) is 29.0. The Kier molecular flexibility index (Phi) is 9.01. The lowest BCUT2D eigenvalue weighted by molar-refractivity contribution is -0.143. The molecule has 1 aliphatic carbocycles. The molecule has 2 amide bonds. The molecule has 4 rings (SSSR count). The van der Waals surface area contributed by atoms with Crippen LogP contribution in [0.3, 0.4) is 0 Å². The van der Waals surface area contributed by atoms with Crippen molar-refractivity contribution in [2.45, 2.75) is 57.7 Å². The van der Waals surface area contributed by atoms with E-state index in [2.05, 4.69) is 5.32 Å². The highest BCUT2D eigenvalue weighted by atomic mass is 35.5. The van der Waals surface area contributed by atoms with Gasteiger partial charge in [0, 0.05) is 24.0 Å². The van der Waals surface area contributed by atoms with Crippen LogP contribution in [0.15, 0.2) is 78.9 Å². The van der Waals surface area contributed by atoms with E-state index < -0.39 is 6.04 Å². The molecule has 0 aliphatic heterocycles. The Hall–Kier alpha value is -3.31. The Morgan fingerprint density at radius 2 is 1.72 bits per heavy atom. The van der Waals surface area contributed by atoms with E-state index in [1.165, 1.54) is 0 Å². The first-order chi connectivity index (χ1) is 17.5. The van der Waals surface area contributed by atoms with Gasteiger partial charge in [-0.2, -0.15) is 0 Å². The number of nitrogens with one attached hydrogen (secondary N) is 1. The number of nitrogens with zero attached hydrogens (tertiary/aromatic N) is 1. The van der Waals surface area contributed by atoms with Crippen molar-refractivity contribution in [2.75, 3.05) is 6.61 Å². The van der Waals surface area contributed by atoms with Crippen molar-refractivity contribution < 1.29 is 14.3 Å². The molecule has 1 N–H and O–H groups in total. The topological polar surface area (TPSA) is 58.6 Å². The van der Waals surface area contributed by atoms with E-state index in [1.54, 1.807) is 11.0 Å². The molecule has 5 nitrogen and oxygen atoms in total. The van der Waals surface area contributed by atoms with Gasteiger partial charge in [0.25, 0.3) is 5.91 Å². The Bertz CT molecular complexity index is 1160. The Labute approximate surface area is 218 Å². The summed E-state index contributed by atoms with van der Waals surface area (Å²) in [7, 11) is 0. The maximum absolute atomic E-state index is 13.7. The van der Waals surface area contributed by atoms with E-state index in [0.717, 1.165) is 42.4 Å². The molecule has 1 unspecified atom stereocenters. The molecule has 1 saturated carbocycles. The first-order valence-corrected chi connectivity index (χ1v) is 12.9. The Balaban J connectivity index is 1.62. The zero-order valence-corrected chi connectivity index (χ0v) is 21.4. The van der Waals surface area contributed by atoms with E-state index in [1.807, 2.05) is 79.7 Å². The van der Waals surface area contributed by atoms with Crippen molar-refractivity contribution in [1.82, 2.24) is 10.2 Å². The number of benzene rings is 3. The largest absolute Gasteiger partial charge is 0.484 e. The third-order valence-corrected chi connectivity index (χ3v) is 6.99. The second-order valence-electron chi connectivity index (χ2n) is 9.41. The van der Waals surface area contributed by atoms with E-state index in [4.69, 9.17) is 16.3 Å². The van der Waals surface area contributed by atoms with Gasteiger partial charge in [0.1, 0.15) is 11.8 Å². The number of rotatable bonds is 10. The standard InChI is InChI=1S/C30H33ClN2O3/c1-22-10-9-16-26(18-22)36-21-29(34)33(20-24-13-5-8-17-27(24)31)28(19-23-11-3-2-4-12-23)30(35)32-25-14-6-7-15-25/h2-5,8-13,16-18,25,28H,6-7,14-15,19-21H2,1H3,(H,32,35). The molecule has 0 spiro atoms. The second kappa shape index (κ2) is 12.6. The summed E-state index contributed by atoms with van der Waals surface area (Å²) in [5.41, 5.74) is 2.82. The average Bonchev–Trinajstić information content (AvgIpc) is 3.39. The monoisotopic (exact) mass is 504 g/mol. The average molecular weight is 505 g/mol. The molecule has 0 saturated heterocycles. The number of hydrogen-bond donors (Lipinski definition) is 1. The summed E-state index contributed by atoms with van der Waals surface area (Å²) in [5, 5.41) is 3.77. The molecule has 1 atom stereocenters. The van der Waals surface area contributed by atoms with Crippen LogP contribution in [0.25, 0.3) is 0 Å². The van der Waals surface area contributed by atoms with Crippen molar-refractivity contribution in [3.05, 3.63) is 101 Å². The fourth-order valence-corrected chi connectivity index (χ4v) is 4.86. The summed E-state index contributed by atoms with van der Waals surface area (Å²) in [6, 6.07) is 24.3. The summed E-state index contributed by atoms with van der Waals surface area (Å²) >= 11 is 6.48. The highest BCUT2D eigenvalue weighted by Gasteiger charge is 2.32. The molecule has 0 radical (unpaired) electrons. The van der Waals surface area contributed by atoms with Gasteiger partial charge in [-0.05, 0) is 54.7 Å². The number of aryl methyl sites for hydroxylation is 1. The van der Waals surface area contributed by atoms with Gasteiger partial charge in [-0.25, -0.2) is 0 Å². The van der Waals surface area contributed by atoms with Crippen LogP contribution in [-0.4, -0.2) is 35.4 Å². The van der Waals surface area contributed by atoms with Gasteiger partial charge >= 0.3 is 0 Å². The third-order valence-electron chi connectivity index (χ3n) is 6.62. The van der Waals surface area contributed by atoms with Crippen molar-refractivity contribution >= 4 is 23.4 Å². The van der Waals surface area contributed by atoms with Crippen molar-refractivity contribution in [2.24, 2.45) is 0 Å².